The van der Waals surface area contributed by atoms with Crippen molar-refractivity contribution in [2.75, 3.05) is 5.73 Å². The Bertz CT molecular complexity index is 500. The third kappa shape index (κ3) is 2.08. The lowest BCUT2D eigenvalue weighted by Crippen LogP contribution is -2.03. The topological polar surface area (TPSA) is 56.0 Å². The number of nitrogens with two attached hydrogens (primary N) is 1. The summed E-state index contributed by atoms with van der Waals surface area (Å²) in [5.74, 6) is -0.0523. The summed E-state index contributed by atoms with van der Waals surface area (Å²) in [5.41, 5.74) is 8.47. The fraction of sp³-hybridized carbons (Fsp3) is 0.0769. The van der Waals surface area contributed by atoms with E-state index < -0.39 is 0 Å². The molecular weight excluding hydrogens is 200 g/mol. The van der Waals surface area contributed by atoms with Crippen molar-refractivity contribution in [2.24, 2.45) is 0 Å². The molecule has 16 heavy (non-hydrogen) atoms. The molecule has 2 rings (SSSR count). The Morgan fingerprint density at radius 1 is 1.25 bits per heavy atom. The number of nitrogens with zero attached hydrogens (tertiary/aromatic N) is 1. The summed E-state index contributed by atoms with van der Waals surface area (Å²) >= 11 is 0. The van der Waals surface area contributed by atoms with Gasteiger partial charge in [-0.1, -0.05) is 0 Å². The largest absolute Gasteiger partial charge is 0.399 e. The van der Waals surface area contributed by atoms with Gasteiger partial charge in [-0.2, -0.15) is 0 Å². The second kappa shape index (κ2) is 4.14. The molecule has 0 amide bonds. The zero-order valence-electron chi connectivity index (χ0n) is 8.97. The molecule has 0 spiro atoms. The van der Waals surface area contributed by atoms with Crippen molar-refractivity contribution < 1.29 is 4.79 Å². The average Bonchev–Trinajstić information content (AvgIpc) is 2.28. The molecule has 0 aliphatic rings. The third-order valence-corrected chi connectivity index (χ3v) is 2.29. The molecule has 0 aliphatic carbocycles. The molecule has 3 nitrogen and oxygen atoms in total. The molecule has 0 saturated carbocycles. The number of benzene rings is 1. The van der Waals surface area contributed by atoms with Crippen LogP contribution in [0.3, 0.4) is 0 Å². The predicted octanol–water partition coefficient (Wildman–Crippen LogP) is 2.20. The molecule has 0 saturated heterocycles. The molecule has 1 heterocycles. The Kier molecular flexibility index (Phi) is 2.68. The van der Waals surface area contributed by atoms with Crippen molar-refractivity contribution in [1.29, 1.82) is 0 Å². The van der Waals surface area contributed by atoms with Crippen molar-refractivity contribution in [3.05, 3.63) is 59.4 Å². The molecule has 1 aromatic heterocycles. The van der Waals surface area contributed by atoms with Crippen molar-refractivity contribution >= 4 is 11.5 Å². The summed E-state index contributed by atoms with van der Waals surface area (Å²) in [6.07, 6.45) is 3.20. The summed E-state index contributed by atoms with van der Waals surface area (Å²) < 4.78 is 0. The number of pyridine rings is 1. The lowest BCUT2D eigenvalue weighted by atomic mass is 10.0. The Morgan fingerprint density at radius 3 is 2.69 bits per heavy atom. The van der Waals surface area contributed by atoms with Gasteiger partial charge in [-0.3, -0.25) is 9.78 Å². The standard InChI is InChI=1S/C13H12N2O/c1-9-5-11(7-12(14)6-9)13(16)10-3-2-4-15-8-10/h2-8H,14H2,1H3. The minimum absolute atomic E-state index is 0.0523. The van der Waals surface area contributed by atoms with Crippen LogP contribution in [0.2, 0.25) is 0 Å². The number of carbonyl (C=O) groups is 1. The summed E-state index contributed by atoms with van der Waals surface area (Å²) in [4.78, 5) is 16.0. The monoisotopic (exact) mass is 212 g/mol. The van der Waals surface area contributed by atoms with Gasteiger partial charge in [-0.15, -0.1) is 0 Å². The third-order valence-electron chi connectivity index (χ3n) is 2.29. The minimum atomic E-state index is -0.0523. The highest BCUT2D eigenvalue weighted by Gasteiger charge is 2.09. The lowest BCUT2D eigenvalue weighted by Gasteiger charge is -2.03. The van der Waals surface area contributed by atoms with Crippen LogP contribution in [-0.4, -0.2) is 10.8 Å². The van der Waals surface area contributed by atoms with Gasteiger partial charge in [0.15, 0.2) is 5.78 Å². The second-order valence-electron chi connectivity index (χ2n) is 3.70. The molecule has 1 aromatic carbocycles. The minimum Gasteiger partial charge on any atom is -0.399 e. The van der Waals surface area contributed by atoms with Gasteiger partial charge in [-0.05, 0) is 42.8 Å². The van der Waals surface area contributed by atoms with E-state index in [1.807, 2.05) is 19.1 Å². The Morgan fingerprint density at radius 2 is 2.06 bits per heavy atom. The Balaban J connectivity index is 2.42. The van der Waals surface area contributed by atoms with Crippen LogP contribution in [0.1, 0.15) is 21.5 Å². The second-order valence-corrected chi connectivity index (χ2v) is 3.70. The summed E-state index contributed by atoms with van der Waals surface area (Å²) in [6, 6.07) is 8.83. The van der Waals surface area contributed by atoms with Gasteiger partial charge < -0.3 is 5.73 Å². The van der Waals surface area contributed by atoms with E-state index >= 15 is 0 Å². The molecule has 0 fully saturated rings. The van der Waals surface area contributed by atoms with Gasteiger partial charge in [0, 0.05) is 29.2 Å². The van der Waals surface area contributed by atoms with E-state index in [9.17, 15) is 4.79 Å². The fourth-order valence-electron chi connectivity index (χ4n) is 1.61. The fourth-order valence-corrected chi connectivity index (χ4v) is 1.61. The molecule has 3 heteroatoms. The highest BCUT2D eigenvalue weighted by atomic mass is 16.1. The zero-order valence-corrected chi connectivity index (χ0v) is 8.97. The normalized spacial score (nSPS) is 10.1. The number of anilines is 1. The van der Waals surface area contributed by atoms with Gasteiger partial charge in [0.2, 0.25) is 0 Å². The van der Waals surface area contributed by atoms with Crippen LogP contribution in [0.4, 0.5) is 5.69 Å². The number of hydrogen-bond donors (Lipinski definition) is 1. The van der Waals surface area contributed by atoms with E-state index in [2.05, 4.69) is 4.98 Å². The van der Waals surface area contributed by atoms with E-state index in [1.54, 1.807) is 30.6 Å². The van der Waals surface area contributed by atoms with Crippen LogP contribution in [0.15, 0.2) is 42.7 Å². The highest BCUT2D eigenvalue weighted by Crippen LogP contribution is 2.14. The molecule has 0 unspecified atom stereocenters. The van der Waals surface area contributed by atoms with Crippen LogP contribution in [0.5, 0.6) is 0 Å². The van der Waals surface area contributed by atoms with Crippen molar-refractivity contribution in [1.82, 2.24) is 4.98 Å². The zero-order chi connectivity index (χ0) is 11.5. The first-order valence-corrected chi connectivity index (χ1v) is 4.99. The Hall–Kier alpha value is -2.16. The van der Waals surface area contributed by atoms with Gasteiger partial charge in [-0.25, -0.2) is 0 Å². The van der Waals surface area contributed by atoms with Crippen LogP contribution in [0, 0.1) is 6.92 Å². The van der Waals surface area contributed by atoms with Crippen LogP contribution in [0.25, 0.3) is 0 Å². The molecule has 0 radical (unpaired) electrons. The SMILES string of the molecule is Cc1cc(N)cc(C(=O)c2cccnc2)c1. The number of rotatable bonds is 2. The summed E-state index contributed by atoms with van der Waals surface area (Å²) in [7, 11) is 0. The molecule has 2 aromatic rings. The maximum Gasteiger partial charge on any atom is 0.194 e. The van der Waals surface area contributed by atoms with E-state index in [1.165, 1.54) is 0 Å². The summed E-state index contributed by atoms with van der Waals surface area (Å²) in [5, 5.41) is 0. The predicted molar refractivity (Wildman–Crippen MR) is 63.3 cm³/mol. The van der Waals surface area contributed by atoms with E-state index in [-0.39, 0.29) is 5.78 Å². The molecule has 80 valence electrons. The number of aromatic nitrogens is 1. The number of ketones is 1. The number of carbonyl (C=O) groups excluding carboxylic acids is 1. The van der Waals surface area contributed by atoms with Crippen molar-refractivity contribution in [3.63, 3.8) is 0 Å². The van der Waals surface area contributed by atoms with Crippen LogP contribution in [-0.2, 0) is 0 Å². The first-order valence-electron chi connectivity index (χ1n) is 4.99. The highest BCUT2D eigenvalue weighted by molar-refractivity contribution is 6.09. The maximum atomic E-state index is 12.1. The molecule has 0 bridgehead atoms. The number of hydrogen-bond acceptors (Lipinski definition) is 3. The quantitative estimate of drug-likeness (QED) is 0.613. The van der Waals surface area contributed by atoms with E-state index in [0.29, 0.717) is 16.8 Å². The van der Waals surface area contributed by atoms with E-state index in [0.717, 1.165) is 5.56 Å². The molecular formula is C13H12N2O. The first kappa shape index (κ1) is 10.4. The van der Waals surface area contributed by atoms with Crippen LogP contribution >= 0.6 is 0 Å². The smallest absolute Gasteiger partial charge is 0.194 e. The van der Waals surface area contributed by atoms with Gasteiger partial charge in [0.25, 0.3) is 0 Å². The first-order chi connectivity index (χ1) is 7.66. The molecule has 0 aliphatic heterocycles. The number of aryl methyl sites for hydroxylation is 1. The average molecular weight is 212 g/mol. The van der Waals surface area contributed by atoms with Gasteiger partial charge >= 0.3 is 0 Å². The van der Waals surface area contributed by atoms with Gasteiger partial charge in [0.1, 0.15) is 0 Å². The van der Waals surface area contributed by atoms with E-state index in [4.69, 9.17) is 5.73 Å². The van der Waals surface area contributed by atoms with Gasteiger partial charge in [0.05, 0.1) is 0 Å². The molecule has 2 N–H and O–H groups in total. The maximum absolute atomic E-state index is 12.1. The number of nitrogen functional groups attached to an aromatic ring is 1. The summed E-state index contributed by atoms with van der Waals surface area (Å²) in [6.45, 7) is 1.91. The molecule has 0 atom stereocenters. The van der Waals surface area contributed by atoms with Crippen molar-refractivity contribution in [3.8, 4) is 0 Å². The Labute approximate surface area is 93.9 Å². The lowest BCUT2D eigenvalue weighted by molar-refractivity contribution is 0.103. The van der Waals surface area contributed by atoms with Crippen LogP contribution < -0.4 is 5.73 Å². The van der Waals surface area contributed by atoms with Crippen molar-refractivity contribution in [2.45, 2.75) is 6.92 Å².